The average Bonchev–Trinajstić information content (AvgIpc) is 2.39. The molecule has 1 N–H and O–H groups in total. The third-order valence-corrected chi connectivity index (χ3v) is 2.34. The maximum absolute atomic E-state index is 10.2. The monoisotopic (exact) mass is 282 g/mol. The Morgan fingerprint density at radius 1 is 1.40 bits per heavy atom. The van der Waals surface area contributed by atoms with E-state index in [0.29, 0.717) is 30.1 Å². The molecular formula is C15H22O5. The molecule has 0 aromatic heterocycles. The molecule has 0 aliphatic rings. The van der Waals surface area contributed by atoms with Gasteiger partial charge < -0.3 is 14.6 Å². The van der Waals surface area contributed by atoms with E-state index in [4.69, 9.17) is 14.6 Å². The van der Waals surface area contributed by atoms with Crippen LogP contribution in [0.2, 0.25) is 0 Å². The number of methoxy groups -OCH3 is 1. The van der Waals surface area contributed by atoms with Crippen LogP contribution in [0.5, 0.6) is 11.5 Å². The normalized spacial score (nSPS) is 9.45. The Labute approximate surface area is 119 Å². The van der Waals surface area contributed by atoms with E-state index in [9.17, 15) is 9.59 Å². The van der Waals surface area contributed by atoms with Crippen molar-refractivity contribution in [3.8, 4) is 11.5 Å². The zero-order valence-corrected chi connectivity index (χ0v) is 12.4. The number of carbonyl (C=O) groups is 2. The molecule has 0 spiro atoms. The lowest BCUT2D eigenvalue weighted by Gasteiger charge is -2.02. The summed E-state index contributed by atoms with van der Waals surface area (Å²) in [4.78, 5) is 20.5. The van der Waals surface area contributed by atoms with Crippen molar-refractivity contribution in [2.45, 2.75) is 27.2 Å². The van der Waals surface area contributed by atoms with Crippen LogP contribution in [0.4, 0.5) is 0 Å². The van der Waals surface area contributed by atoms with E-state index in [0.717, 1.165) is 6.42 Å². The maximum atomic E-state index is 10.2. The number of phenols is 1. The summed E-state index contributed by atoms with van der Waals surface area (Å²) < 4.78 is 9.49. The molecule has 0 fully saturated rings. The van der Waals surface area contributed by atoms with Gasteiger partial charge in [-0.05, 0) is 30.5 Å². The van der Waals surface area contributed by atoms with Gasteiger partial charge in [0.2, 0.25) is 0 Å². The standard InChI is InChI=1S/C8H8O3.C7H14O2/c1-11-8-4-6(5-9)2-3-7(8)10;1-6(2)4-5-9-7(3)8/h2-5,10H,1H3;6H,4-5H2,1-3H3. The van der Waals surface area contributed by atoms with Crippen LogP contribution < -0.4 is 4.74 Å². The molecule has 5 nitrogen and oxygen atoms in total. The van der Waals surface area contributed by atoms with Gasteiger partial charge in [0.15, 0.2) is 11.5 Å². The van der Waals surface area contributed by atoms with E-state index in [1.54, 1.807) is 0 Å². The van der Waals surface area contributed by atoms with E-state index in [2.05, 4.69) is 13.8 Å². The fourth-order valence-electron chi connectivity index (χ4n) is 1.21. The Balaban J connectivity index is 0.000000370. The summed E-state index contributed by atoms with van der Waals surface area (Å²) in [5, 5.41) is 9.09. The quantitative estimate of drug-likeness (QED) is 0.664. The zero-order chi connectivity index (χ0) is 15.5. The second-order valence-electron chi connectivity index (χ2n) is 4.57. The Kier molecular flexibility index (Phi) is 8.83. The molecule has 1 aromatic carbocycles. The van der Waals surface area contributed by atoms with Crippen LogP contribution in [0, 0.1) is 5.92 Å². The molecule has 1 rings (SSSR count). The third kappa shape index (κ3) is 8.13. The van der Waals surface area contributed by atoms with Crippen molar-refractivity contribution in [3.05, 3.63) is 23.8 Å². The first kappa shape index (κ1) is 18.0. The number of aldehydes is 1. The fourth-order valence-corrected chi connectivity index (χ4v) is 1.21. The first-order valence-electron chi connectivity index (χ1n) is 6.36. The van der Waals surface area contributed by atoms with Crippen molar-refractivity contribution >= 4 is 12.3 Å². The summed E-state index contributed by atoms with van der Waals surface area (Å²) in [6.45, 7) is 6.19. The number of carbonyl (C=O) groups excluding carboxylic acids is 2. The lowest BCUT2D eigenvalue weighted by molar-refractivity contribution is -0.141. The van der Waals surface area contributed by atoms with Gasteiger partial charge in [0.1, 0.15) is 6.29 Å². The van der Waals surface area contributed by atoms with Gasteiger partial charge in [-0.2, -0.15) is 0 Å². The molecule has 0 heterocycles. The highest BCUT2D eigenvalue weighted by molar-refractivity contribution is 5.76. The molecule has 0 amide bonds. The smallest absolute Gasteiger partial charge is 0.302 e. The minimum Gasteiger partial charge on any atom is -0.504 e. The topological polar surface area (TPSA) is 72.8 Å². The van der Waals surface area contributed by atoms with Crippen molar-refractivity contribution in [1.29, 1.82) is 0 Å². The largest absolute Gasteiger partial charge is 0.504 e. The first-order chi connectivity index (χ1) is 9.40. The number of ether oxygens (including phenoxy) is 2. The van der Waals surface area contributed by atoms with Crippen molar-refractivity contribution in [1.82, 2.24) is 0 Å². The van der Waals surface area contributed by atoms with Gasteiger partial charge in [-0.1, -0.05) is 13.8 Å². The molecule has 0 aliphatic heterocycles. The molecule has 0 unspecified atom stereocenters. The maximum Gasteiger partial charge on any atom is 0.302 e. The molecule has 0 bridgehead atoms. The van der Waals surface area contributed by atoms with Gasteiger partial charge in [-0.15, -0.1) is 0 Å². The Morgan fingerprint density at radius 2 is 2.05 bits per heavy atom. The molecule has 1 aromatic rings. The van der Waals surface area contributed by atoms with Gasteiger partial charge in [0.05, 0.1) is 13.7 Å². The summed E-state index contributed by atoms with van der Waals surface area (Å²) in [6.07, 6.45) is 1.65. The predicted octanol–water partition coefficient (Wildman–Crippen LogP) is 2.81. The number of hydrogen-bond acceptors (Lipinski definition) is 5. The van der Waals surface area contributed by atoms with Crippen LogP contribution in [0.25, 0.3) is 0 Å². The Bertz CT molecular complexity index is 426. The lowest BCUT2D eigenvalue weighted by atomic mass is 10.1. The van der Waals surface area contributed by atoms with E-state index in [1.165, 1.54) is 32.2 Å². The van der Waals surface area contributed by atoms with Crippen LogP contribution in [0.1, 0.15) is 37.6 Å². The van der Waals surface area contributed by atoms with Gasteiger partial charge in [-0.25, -0.2) is 0 Å². The lowest BCUT2D eigenvalue weighted by Crippen LogP contribution is -2.02. The Morgan fingerprint density at radius 3 is 2.50 bits per heavy atom. The number of hydrogen-bond donors (Lipinski definition) is 1. The number of esters is 1. The average molecular weight is 282 g/mol. The summed E-state index contributed by atoms with van der Waals surface area (Å²) in [7, 11) is 1.43. The third-order valence-electron chi connectivity index (χ3n) is 2.34. The molecule has 0 aliphatic carbocycles. The highest BCUT2D eigenvalue weighted by Crippen LogP contribution is 2.25. The van der Waals surface area contributed by atoms with E-state index in [-0.39, 0.29) is 11.7 Å². The summed E-state index contributed by atoms with van der Waals surface area (Å²) in [6, 6.07) is 4.41. The molecular weight excluding hydrogens is 260 g/mol. The summed E-state index contributed by atoms with van der Waals surface area (Å²) >= 11 is 0. The molecule has 0 saturated heterocycles. The van der Waals surface area contributed by atoms with Gasteiger partial charge in [0.25, 0.3) is 0 Å². The highest BCUT2D eigenvalue weighted by Gasteiger charge is 2.00. The Hall–Kier alpha value is -2.04. The molecule has 112 valence electrons. The molecule has 0 atom stereocenters. The van der Waals surface area contributed by atoms with E-state index >= 15 is 0 Å². The number of phenolic OH excluding ortho intramolecular Hbond substituents is 1. The van der Waals surface area contributed by atoms with Crippen molar-refractivity contribution < 1.29 is 24.2 Å². The van der Waals surface area contributed by atoms with E-state index < -0.39 is 0 Å². The second-order valence-corrected chi connectivity index (χ2v) is 4.57. The van der Waals surface area contributed by atoms with Crippen molar-refractivity contribution in [3.63, 3.8) is 0 Å². The van der Waals surface area contributed by atoms with Gasteiger partial charge in [0, 0.05) is 12.5 Å². The van der Waals surface area contributed by atoms with Gasteiger partial charge >= 0.3 is 5.97 Å². The highest BCUT2D eigenvalue weighted by atomic mass is 16.5. The van der Waals surface area contributed by atoms with Crippen LogP contribution in [-0.2, 0) is 9.53 Å². The van der Waals surface area contributed by atoms with Crippen LogP contribution in [-0.4, -0.2) is 31.1 Å². The second kappa shape index (κ2) is 9.83. The van der Waals surface area contributed by atoms with Crippen LogP contribution in [0.15, 0.2) is 18.2 Å². The first-order valence-corrected chi connectivity index (χ1v) is 6.36. The summed E-state index contributed by atoms with van der Waals surface area (Å²) in [5.41, 5.74) is 0.486. The fraction of sp³-hybridized carbons (Fsp3) is 0.467. The summed E-state index contributed by atoms with van der Waals surface area (Å²) in [5.74, 6) is 0.785. The van der Waals surface area contributed by atoms with Gasteiger partial charge in [-0.3, -0.25) is 9.59 Å². The molecule has 0 saturated carbocycles. The molecule has 0 radical (unpaired) electrons. The van der Waals surface area contributed by atoms with Crippen molar-refractivity contribution in [2.75, 3.05) is 13.7 Å². The number of rotatable bonds is 5. The minimum atomic E-state index is -0.185. The van der Waals surface area contributed by atoms with Crippen molar-refractivity contribution in [2.24, 2.45) is 5.92 Å². The van der Waals surface area contributed by atoms with Crippen LogP contribution >= 0.6 is 0 Å². The number of aromatic hydroxyl groups is 1. The predicted molar refractivity (Wildman–Crippen MR) is 76.1 cm³/mol. The SMILES string of the molecule is CC(=O)OCCC(C)C.COc1cc(C=O)ccc1O. The molecule has 20 heavy (non-hydrogen) atoms. The minimum absolute atomic E-state index is 0.0399. The van der Waals surface area contributed by atoms with E-state index in [1.807, 2.05) is 0 Å². The molecule has 5 heteroatoms. The number of benzene rings is 1. The zero-order valence-electron chi connectivity index (χ0n) is 12.4. The van der Waals surface area contributed by atoms with Crippen LogP contribution in [0.3, 0.4) is 0 Å².